The van der Waals surface area contributed by atoms with Gasteiger partial charge in [-0.25, -0.2) is 0 Å². The normalized spacial score (nSPS) is 17.7. The molecule has 1 aromatic carbocycles. The molecule has 1 heterocycles. The number of rotatable bonds is 4. The van der Waals surface area contributed by atoms with Crippen LogP contribution in [-0.4, -0.2) is 11.7 Å². The maximum atomic E-state index is 9.73. The Hall–Kier alpha value is -1.32. The van der Waals surface area contributed by atoms with Crippen molar-refractivity contribution in [2.75, 3.05) is 6.61 Å². The van der Waals surface area contributed by atoms with E-state index in [2.05, 4.69) is 23.6 Å². The molecule has 18 heavy (non-hydrogen) atoms. The quantitative estimate of drug-likeness (QED) is 0.913. The lowest BCUT2D eigenvalue weighted by Gasteiger charge is -2.08. The molecule has 0 aliphatic heterocycles. The van der Waals surface area contributed by atoms with Crippen LogP contribution < -0.4 is 4.74 Å². The van der Waals surface area contributed by atoms with Crippen molar-refractivity contribution in [1.82, 2.24) is 0 Å². The van der Waals surface area contributed by atoms with Crippen molar-refractivity contribution < 1.29 is 9.84 Å². The zero-order chi connectivity index (χ0) is 12.4. The predicted molar refractivity (Wildman–Crippen MR) is 73.2 cm³/mol. The fourth-order valence-corrected chi connectivity index (χ4v) is 3.08. The molecule has 1 N–H and O–H groups in total. The molecule has 0 fully saturated rings. The predicted octanol–water partition coefficient (Wildman–Crippen LogP) is 3.35. The summed E-state index contributed by atoms with van der Waals surface area (Å²) in [6.45, 7) is 0.710. The number of thiophene rings is 1. The number of aryl methyl sites for hydroxylation is 1. The third-order valence-electron chi connectivity index (χ3n) is 3.36. The van der Waals surface area contributed by atoms with E-state index in [0.717, 1.165) is 30.6 Å². The maximum absolute atomic E-state index is 9.73. The van der Waals surface area contributed by atoms with E-state index < -0.39 is 0 Å². The number of aliphatic hydroxyl groups is 1. The Morgan fingerprint density at radius 3 is 3.11 bits per heavy atom. The van der Waals surface area contributed by atoms with Crippen LogP contribution in [0.5, 0.6) is 5.75 Å². The van der Waals surface area contributed by atoms with Gasteiger partial charge in [0, 0.05) is 11.3 Å². The van der Waals surface area contributed by atoms with Crippen LogP contribution in [-0.2, 0) is 12.8 Å². The highest BCUT2D eigenvalue weighted by atomic mass is 32.1. The molecule has 1 unspecified atom stereocenters. The van der Waals surface area contributed by atoms with E-state index >= 15 is 0 Å². The zero-order valence-electron chi connectivity index (χ0n) is 10.1. The third kappa shape index (κ3) is 2.42. The van der Waals surface area contributed by atoms with Crippen LogP contribution in [0.25, 0.3) is 0 Å². The molecule has 1 aliphatic carbocycles. The summed E-state index contributed by atoms with van der Waals surface area (Å²) < 4.78 is 5.76. The first-order valence-corrected chi connectivity index (χ1v) is 7.17. The van der Waals surface area contributed by atoms with E-state index in [9.17, 15) is 5.11 Å². The summed E-state index contributed by atoms with van der Waals surface area (Å²) in [5.41, 5.74) is 2.30. The summed E-state index contributed by atoms with van der Waals surface area (Å²) in [6, 6.07) is 10.2. The van der Waals surface area contributed by atoms with Gasteiger partial charge >= 0.3 is 0 Å². The molecule has 1 aromatic heterocycles. The Kier molecular flexibility index (Phi) is 3.35. The summed E-state index contributed by atoms with van der Waals surface area (Å²) in [5.74, 6) is 0.916. The van der Waals surface area contributed by atoms with Gasteiger partial charge in [0.05, 0.1) is 12.7 Å². The molecule has 0 spiro atoms. The molecule has 0 saturated carbocycles. The van der Waals surface area contributed by atoms with Crippen LogP contribution in [0.1, 0.15) is 28.5 Å². The summed E-state index contributed by atoms with van der Waals surface area (Å²) in [6.07, 6.45) is 2.48. The Labute approximate surface area is 111 Å². The van der Waals surface area contributed by atoms with Crippen molar-refractivity contribution >= 4 is 11.3 Å². The van der Waals surface area contributed by atoms with Crippen molar-refractivity contribution in [2.24, 2.45) is 0 Å². The molecule has 94 valence electrons. The van der Waals surface area contributed by atoms with E-state index in [-0.39, 0.29) is 6.10 Å². The number of fused-ring (bicyclic) bond motifs is 1. The first-order valence-electron chi connectivity index (χ1n) is 6.29. The molecule has 2 aromatic rings. The van der Waals surface area contributed by atoms with Crippen molar-refractivity contribution in [3.05, 3.63) is 51.7 Å². The summed E-state index contributed by atoms with van der Waals surface area (Å²) in [5, 5.41) is 11.8. The highest BCUT2D eigenvalue weighted by molar-refractivity contribution is 7.09. The minimum Gasteiger partial charge on any atom is -0.493 e. The van der Waals surface area contributed by atoms with E-state index in [1.807, 2.05) is 12.1 Å². The minimum absolute atomic E-state index is 0.278. The van der Waals surface area contributed by atoms with Crippen LogP contribution in [0, 0.1) is 0 Å². The number of hydrogen-bond donors (Lipinski definition) is 1. The van der Waals surface area contributed by atoms with Gasteiger partial charge in [-0.2, -0.15) is 0 Å². The minimum atomic E-state index is -0.278. The smallest absolute Gasteiger partial charge is 0.119 e. The van der Waals surface area contributed by atoms with Gasteiger partial charge in [-0.05, 0) is 47.5 Å². The molecule has 0 radical (unpaired) electrons. The fraction of sp³-hybridized carbons (Fsp3) is 0.333. The van der Waals surface area contributed by atoms with Gasteiger partial charge in [-0.15, -0.1) is 11.3 Å². The molecule has 1 aliphatic rings. The Bertz CT molecular complexity index is 519. The molecular formula is C15H16O2S. The van der Waals surface area contributed by atoms with Gasteiger partial charge in [-0.1, -0.05) is 12.1 Å². The SMILES string of the molecule is OC1CCc2cc(OCCc3cccs3)ccc21. The average molecular weight is 260 g/mol. The maximum Gasteiger partial charge on any atom is 0.119 e. The van der Waals surface area contributed by atoms with Gasteiger partial charge in [0.2, 0.25) is 0 Å². The first-order chi connectivity index (χ1) is 8.83. The van der Waals surface area contributed by atoms with Crippen molar-refractivity contribution in [1.29, 1.82) is 0 Å². The highest BCUT2D eigenvalue weighted by Gasteiger charge is 2.20. The Morgan fingerprint density at radius 1 is 1.33 bits per heavy atom. The summed E-state index contributed by atoms with van der Waals surface area (Å²) in [7, 11) is 0. The molecule has 3 heteroatoms. The molecule has 1 atom stereocenters. The monoisotopic (exact) mass is 260 g/mol. The second-order valence-corrected chi connectivity index (χ2v) is 5.63. The van der Waals surface area contributed by atoms with Gasteiger partial charge in [0.1, 0.15) is 5.75 Å². The fourth-order valence-electron chi connectivity index (χ4n) is 2.39. The number of aliphatic hydroxyl groups excluding tert-OH is 1. The van der Waals surface area contributed by atoms with Crippen LogP contribution in [0.2, 0.25) is 0 Å². The molecule has 3 rings (SSSR count). The van der Waals surface area contributed by atoms with Crippen molar-refractivity contribution in [3.63, 3.8) is 0 Å². The largest absolute Gasteiger partial charge is 0.493 e. The van der Waals surface area contributed by atoms with Crippen LogP contribution in [0.15, 0.2) is 35.7 Å². The second-order valence-electron chi connectivity index (χ2n) is 4.59. The van der Waals surface area contributed by atoms with Crippen molar-refractivity contribution in [3.8, 4) is 5.75 Å². The van der Waals surface area contributed by atoms with E-state index in [0.29, 0.717) is 6.61 Å². The van der Waals surface area contributed by atoms with Crippen LogP contribution >= 0.6 is 11.3 Å². The Balaban J connectivity index is 1.60. The number of hydrogen-bond acceptors (Lipinski definition) is 3. The van der Waals surface area contributed by atoms with E-state index in [4.69, 9.17) is 4.74 Å². The average Bonchev–Trinajstić information content (AvgIpc) is 3.00. The molecule has 0 bridgehead atoms. The van der Waals surface area contributed by atoms with E-state index in [1.54, 1.807) is 11.3 Å². The second kappa shape index (κ2) is 5.12. The zero-order valence-corrected chi connectivity index (χ0v) is 11.0. The van der Waals surface area contributed by atoms with Crippen molar-refractivity contribution in [2.45, 2.75) is 25.4 Å². The van der Waals surface area contributed by atoms with Crippen LogP contribution in [0.3, 0.4) is 0 Å². The lowest BCUT2D eigenvalue weighted by atomic mass is 10.1. The summed E-state index contributed by atoms with van der Waals surface area (Å²) in [4.78, 5) is 1.35. The lowest BCUT2D eigenvalue weighted by Crippen LogP contribution is -2.00. The van der Waals surface area contributed by atoms with Gasteiger partial charge in [-0.3, -0.25) is 0 Å². The number of benzene rings is 1. The molecule has 2 nitrogen and oxygen atoms in total. The van der Waals surface area contributed by atoms with Crippen LogP contribution in [0.4, 0.5) is 0 Å². The molecule has 0 amide bonds. The molecule has 0 saturated heterocycles. The highest BCUT2D eigenvalue weighted by Crippen LogP contribution is 2.33. The Morgan fingerprint density at radius 2 is 2.28 bits per heavy atom. The van der Waals surface area contributed by atoms with E-state index in [1.165, 1.54) is 10.4 Å². The lowest BCUT2D eigenvalue weighted by molar-refractivity contribution is 0.180. The third-order valence-corrected chi connectivity index (χ3v) is 4.29. The topological polar surface area (TPSA) is 29.5 Å². The molecular weight excluding hydrogens is 244 g/mol. The van der Waals surface area contributed by atoms with Gasteiger partial charge in [0.15, 0.2) is 0 Å². The van der Waals surface area contributed by atoms with Gasteiger partial charge in [0.25, 0.3) is 0 Å². The standard InChI is InChI=1S/C15H16O2S/c16-15-6-3-11-10-12(4-5-14(11)15)17-8-7-13-2-1-9-18-13/h1-2,4-5,9-10,15-16H,3,6-8H2. The first kappa shape index (κ1) is 11.8. The number of ether oxygens (including phenoxy) is 1. The van der Waals surface area contributed by atoms with Gasteiger partial charge < -0.3 is 9.84 Å². The summed E-state index contributed by atoms with van der Waals surface area (Å²) >= 11 is 1.77.